The second-order valence-corrected chi connectivity index (χ2v) is 6.71. The second-order valence-electron chi connectivity index (χ2n) is 6.30. The van der Waals surface area contributed by atoms with Gasteiger partial charge in [0.05, 0.1) is 0 Å². The van der Waals surface area contributed by atoms with E-state index in [1.165, 1.54) is 16.8 Å². The van der Waals surface area contributed by atoms with E-state index in [0.29, 0.717) is 11.2 Å². The molecule has 0 fully saturated rings. The molecule has 0 atom stereocenters. The Labute approximate surface area is 151 Å². The molecule has 0 bridgehead atoms. The summed E-state index contributed by atoms with van der Waals surface area (Å²) < 4.78 is 0. The number of thiocarbonyl (C=S) groups is 1. The van der Waals surface area contributed by atoms with Crippen LogP contribution in [-0.4, -0.2) is 17.7 Å². The van der Waals surface area contributed by atoms with Crippen LogP contribution in [0.15, 0.2) is 42.5 Å². The second kappa shape index (κ2) is 8.15. The number of rotatable bonds is 5. The Bertz CT molecular complexity index is 693. The van der Waals surface area contributed by atoms with Crippen molar-refractivity contribution in [3.8, 4) is 0 Å². The molecular formula is C20H27N3S. The smallest absolute Gasteiger partial charge is 0.175 e. The maximum atomic E-state index is 5.41. The van der Waals surface area contributed by atoms with E-state index in [4.69, 9.17) is 12.2 Å². The summed E-state index contributed by atoms with van der Waals surface area (Å²) in [4.78, 5) is 2.36. The summed E-state index contributed by atoms with van der Waals surface area (Å²) in [6.07, 6.45) is 0. The number of nitrogens with one attached hydrogen (secondary N) is 2. The predicted molar refractivity (Wildman–Crippen MR) is 110 cm³/mol. The van der Waals surface area contributed by atoms with Gasteiger partial charge < -0.3 is 15.5 Å². The Morgan fingerprint density at radius 3 is 2.08 bits per heavy atom. The normalized spacial score (nSPS) is 10.6. The molecule has 0 radical (unpaired) electrons. The van der Waals surface area contributed by atoms with E-state index in [-0.39, 0.29) is 0 Å². The van der Waals surface area contributed by atoms with Crippen molar-refractivity contribution >= 4 is 34.4 Å². The van der Waals surface area contributed by atoms with Crippen LogP contribution in [0.3, 0.4) is 0 Å². The highest BCUT2D eigenvalue weighted by atomic mass is 32.1. The minimum absolute atomic E-state index is 0.487. The van der Waals surface area contributed by atoms with Crippen molar-refractivity contribution in [3.05, 3.63) is 53.6 Å². The lowest BCUT2D eigenvalue weighted by molar-refractivity contribution is 0.704. The van der Waals surface area contributed by atoms with Crippen molar-refractivity contribution < 1.29 is 0 Å². The Morgan fingerprint density at radius 1 is 0.958 bits per heavy atom. The average molecular weight is 342 g/mol. The van der Waals surface area contributed by atoms with Crippen LogP contribution >= 0.6 is 12.2 Å². The minimum Gasteiger partial charge on any atom is -0.369 e. The van der Waals surface area contributed by atoms with Gasteiger partial charge in [0, 0.05) is 29.6 Å². The Kier molecular flexibility index (Phi) is 6.21. The summed E-state index contributed by atoms with van der Waals surface area (Å²) in [6.45, 7) is 11.8. The predicted octanol–water partition coefficient (Wildman–Crippen LogP) is 5.35. The summed E-state index contributed by atoms with van der Waals surface area (Å²) in [5, 5.41) is 7.07. The number of benzene rings is 2. The van der Waals surface area contributed by atoms with Gasteiger partial charge in [0.15, 0.2) is 5.11 Å². The fraction of sp³-hybridized carbons (Fsp3) is 0.350. The fourth-order valence-corrected chi connectivity index (χ4v) is 2.93. The maximum absolute atomic E-state index is 5.41. The van der Waals surface area contributed by atoms with Crippen molar-refractivity contribution in [2.75, 3.05) is 22.1 Å². The van der Waals surface area contributed by atoms with Gasteiger partial charge in [-0.15, -0.1) is 0 Å². The zero-order chi connectivity index (χ0) is 17.7. The number of aryl methyl sites for hydroxylation is 2. The third-order valence-electron chi connectivity index (χ3n) is 4.19. The van der Waals surface area contributed by atoms with Crippen LogP contribution in [0.2, 0.25) is 0 Å². The molecule has 4 heteroatoms. The summed E-state index contributed by atoms with van der Waals surface area (Å²) in [7, 11) is 0. The molecule has 0 aliphatic heterocycles. The lowest BCUT2D eigenvalue weighted by atomic mass is 10.1. The molecule has 2 aromatic carbocycles. The first-order valence-corrected chi connectivity index (χ1v) is 8.83. The summed E-state index contributed by atoms with van der Waals surface area (Å²) >= 11 is 5.41. The number of anilines is 3. The van der Waals surface area contributed by atoms with Gasteiger partial charge in [0.1, 0.15) is 0 Å². The molecule has 2 aromatic rings. The van der Waals surface area contributed by atoms with E-state index >= 15 is 0 Å². The number of hydrogen-bond donors (Lipinski definition) is 2. The SMILES string of the molecule is CCN(c1ccc(NC(=S)Nc2ccc(C)c(C)c2)cc1)C(C)C. The summed E-state index contributed by atoms with van der Waals surface area (Å²) in [5.41, 5.74) is 5.75. The molecular weight excluding hydrogens is 314 g/mol. The maximum Gasteiger partial charge on any atom is 0.175 e. The van der Waals surface area contributed by atoms with Gasteiger partial charge in [-0.05, 0) is 94.4 Å². The summed E-state index contributed by atoms with van der Waals surface area (Å²) in [6, 6.07) is 15.1. The molecule has 0 spiro atoms. The third kappa shape index (κ3) is 4.71. The monoisotopic (exact) mass is 341 g/mol. The van der Waals surface area contributed by atoms with Crippen molar-refractivity contribution in [2.45, 2.75) is 40.7 Å². The van der Waals surface area contributed by atoms with Crippen LogP contribution in [0.1, 0.15) is 31.9 Å². The lowest BCUT2D eigenvalue weighted by Gasteiger charge is -2.27. The largest absolute Gasteiger partial charge is 0.369 e. The van der Waals surface area contributed by atoms with Gasteiger partial charge in [-0.25, -0.2) is 0 Å². The van der Waals surface area contributed by atoms with E-state index in [2.05, 4.69) is 86.6 Å². The van der Waals surface area contributed by atoms with Crippen molar-refractivity contribution in [2.24, 2.45) is 0 Å². The van der Waals surface area contributed by atoms with Crippen LogP contribution < -0.4 is 15.5 Å². The first-order chi connectivity index (χ1) is 11.4. The van der Waals surface area contributed by atoms with Gasteiger partial charge in [-0.3, -0.25) is 0 Å². The van der Waals surface area contributed by atoms with Crippen LogP contribution in [0.25, 0.3) is 0 Å². The number of nitrogens with zero attached hydrogens (tertiary/aromatic N) is 1. The van der Waals surface area contributed by atoms with Crippen LogP contribution in [0.5, 0.6) is 0 Å². The molecule has 0 saturated carbocycles. The van der Waals surface area contributed by atoms with E-state index in [9.17, 15) is 0 Å². The molecule has 0 unspecified atom stereocenters. The molecule has 128 valence electrons. The molecule has 0 amide bonds. The Hall–Kier alpha value is -2.07. The molecule has 0 aliphatic carbocycles. The molecule has 2 rings (SSSR count). The first-order valence-electron chi connectivity index (χ1n) is 8.42. The van der Waals surface area contributed by atoms with Crippen molar-refractivity contribution in [1.29, 1.82) is 0 Å². The van der Waals surface area contributed by atoms with Crippen molar-refractivity contribution in [1.82, 2.24) is 0 Å². The zero-order valence-electron chi connectivity index (χ0n) is 15.2. The highest BCUT2D eigenvalue weighted by Gasteiger charge is 2.08. The quantitative estimate of drug-likeness (QED) is 0.717. The molecule has 0 aromatic heterocycles. The molecule has 0 aliphatic rings. The van der Waals surface area contributed by atoms with E-state index in [1.54, 1.807) is 0 Å². The van der Waals surface area contributed by atoms with Crippen molar-refractivity contribution in [3.63, 3.8) is 0 Å². The van der Waals surface area contributed by atoms with E-state index < -0.39 is 0 Å². The van der Waals surface area contributed by atoms with E-state index in [1.807, 2.05) is 6.07 Å². The Balaban J connectivity index is 2.00. The standard InChI is InChI=1S/C20H27N3S/c1-6-23(14(2)3)19-11-9-17(10-12-19)21-20(24)22-18-8-7-15(4)16(5)13-18/h7-14H,6H2,1-5H3,(H2,21,22,24). The van der Waals surface area contributed by atoms with Gasteiger partial charge >= 0.3 is 0 Å². The molecule has 0 heterocycles. The molecule has 3 nitrogen and oxygen atoms in total. The van der Waals surface area contributed by atoms with Crippen LogP contribution in [0.4, 0.5) is 17.1 Å². The van der Waals surface area contributed by atoms with Gasteiger partial charge in [-0.1, -0.05) is 6.07 Å². The first kappa shape index (κ1) is 18.3. The molecule has 2 N–H and O–H groups in total. The highest BCUT2D eigenvalue weighted by molar-refractivity contribution is 7.80. The van der Waals surface area contributed by atoms with Gasteiger partial charge in [0.2, 0.25) is 0 Å². The fourth-order valence-electron chi connectivity index (χ4n) is 2.69. The molecule has 0 saturated heterocycles. The average Bonchev–Trinajstić information content (AvgIpc) is 2.53. The molecule has 24 heavy (non-hydrogen) atoms. The van der Waals surface area contributed by atoms with Crippen LogP contribution in [0, 0.1) is 13.8 Å². The summed E-state index contributed by atoms with van der Waals surface area (Å²) in [5.74, 6) is 0. The third-order valence-corrected chi connectivity index (χ3v) is 4.39. The lowest BCUT2D eigenvalue weighted by Crippen LogP contribution is -2.30. The minimum atomic E-state index is 0.487. The topological polar surface area (TPSA) is 27.3 Å². The zero-order valence-corrected chi connectivity index (χ0v) is 16.0. The number of hydrogen-bond acceptors (Lipinski definition) is 2. The highest BCUT2D eigenvalue weighted by Crippen LogP contribution is 2.20. The van der Waals surface area contributed by atoms with Gasteiger partial charge in [0.25, 0.3) is 0 Å². The Morgan fingerprint density at radius 2 is 1.54 bits per heavy atom. The van der Waals surface area contributed by atoms with E-state index in [0.717, 1.165) is 17.9 Å². The van der Waals surface area contributed by atoms with Crippen LogP contribution in [-0.2, 0) is 0 Å². The van der Waals surface area contributed by atoms with Gasteiger partial charge in [-0.2, -0.15) is 0 Å².